The fourth-order valence-electron chi connectivity index (χ4n) is 2.29. The van der Waals surface area contributed by atoms with Crippen molar-refractivity contribution in [2.75, 3.05) is 7.11 Å². The molecule has 2 fully saturated rings. The van der Waals surface area contributed by atoms with Gasteiger partial charge in [0, 0.05) is 13.0 Å². The minimum atomic E-state index is -0.261. The predicted octanol–water partition coefficient (Wildman–Crippen LogP) is 1.32. The van der Waals surface area contributed by atoms with E-state index < -0.39 is 0 Å². The topological polar surface area (TPSA) is 35.5 Å². The number of fused-ring (bicyclic) bond motifs is 1. The normalized spacial score (nSPS) is 40.8. The van der Waals surface area contributed by atoms with E-state index in [4.69, 9.17) is 9.47 Å². The van der Waals surface area contributed by atoms with E-state index in [0.29, 0.717) is 5.92 Å². The molecule has 3 atom stereocenters. The molecule has 1 saturated carbocycles. The molecule has 2 aliphatic rings. The zero-order valence-corrected chi connectivity index (χ0v) is 7.29. The molecule has 0 aromatic carbocycles. The highest BCUT2D eigenvalue weighted by Crippen LogP contribution is 2.39. The van der Waals surface area contributed by atoms with Crippen molar-refractivity contribution in [2.45, 2.75) is 32.0 Å². The number of carbonyl (C=O) groups is 1. The first-order chi connectivity index (χ1) is 5.83. The molecule has 3 nitrogen and oxygen atoms in total. The molecule has 1 heterocycles. The summed E-state index contributed by atoms with van der Waals surface area (Å²) in [7, 11) is 1.61. The van der Waals surface area contributed by atoms with Gasteiger partial charge in [-0.15, -0.1) is 0 Å². The number of ether oxygens (including phenoxy) is 2. The molecular weight excluding hydrogens is 156 g/mol. The van der Waals surface area contributed by atoms with Crippen LogP contribution in [0.2, 0.25) is 0 Å². The average molecular weight is 170 g/mol. The monoisotopic (exact) mass is 170 g/mol. The van der Waals surface area contributed by atoms with Crippen molar-refractivity contribution in [2.24, 2.45) is 11.8 Å². The van der Waals surface area contributed by atoms with Crippen LogP contribution < -0.4 is 0 Å². The number of hydrogen-bond acceptors (Lipinski definition) is 3. The van der Waals surface area contributed by atoms with Crippen LogP contribution in [0, 0.1) is 11.8 Å². The summed E-state index contributed by atoms with van der Waals surface area (Å²) >= 11 is 0. The van der Waals surface area contributed by atoms with Crippen LogP contribution in [0.3, 0.4) is 0 Å². The first-order valence-corrected chi connectivity index (χ1v) is 4.56. The lowest BCUT2D eigenvalue weighted by molar-refractivity contribution is -0.162. The molecule has 2 rings (SSSR count). The third-order valence-electron chi connectivity index (χ3n) is 2.94. The van der Waals surface area contributed by atoms with Crippen LogP contribution in [0.4, 0.5) is 0 Å². The molecule has 3 unspecified atom stereocenters. The largest absolute Gasteiger partial charge is 0.435 e. The number of rotatable bonds is 1. The maximum absolute atomic E-state index is 11.3. The Hall–Kier alpha value is -0.570. The van der Waals surface area contributed by atoms with Crippen molar-refractivity contribution in [1.29, 1.82) is 0 Å². The lowest BCUT2D eigenvalue weighted by atomic mass is 9.81. The Bertz CT molecular complexity index is 190. The van der Waals surface area contributed by atoms with Crippen LogP contribution in [-0.2, 0) is 14.3 Å². The number of methoxy groups -OCH3 is 1. The van der Waals surface area contributed by atoms with Crippen LogP contribution >= 0.6 is 0 Å². The molecule has 0 N–H and O–H groups in total. The van der Waals surface area contributed by atoms with Crippen molar-refractivity contribution in [3.05, 3.63) is 0 Å². The quantitative estimate of drug-likeness (QED) is 0.557. The molecule has 0 aromatic heterocycles. The highest BCUT2D eigenvalue weighted by molar-refractivity contribution is 5.75. The van der Waals surface area contributed by atoms with Gasteiger partial charge in [0.25, 0.3) is 0 Å². The maximum Gasteiger partial charge on any atom is 0.311 e. The predicted molar refractivity (Wildman–Crippen MR) is 42.3 cm³/mol. The van der Waals surface area contributed by atoms with Gasteiger partial charge in [0.1, 0.15) is 0 Å². The molecule has 1 aliphatic heterocycles. The van der Waals surface area contributed by atoms with Crippen LogP contribution in [0.1, 0.15) is 25.7 Å². The molecule has 1 saturated heterocycles. The Morgan fingerprint density at radius 3 is 2.92 bits per heavy atom. The average Bonchev–Trinajstić information content (AvgIpc) is 2.44. The maximum atomic E-state index is 11.3. The van der Waals surface area contributed by atoms with Gasteiger partial charge in [0.05, 0.1) is 5.92 Å². The summed E-state index contributed by atoms with van der Waals surface area (Å²) in [5.74, 6) is 0.409. The molecule has 68 valence electrons. The van der Waals surface area contributed by atoms with Crippen molar-refractivity contribution >= 4 is 5.97 Å². The van der Waals surface area contributed by atoms with Gasteiger partial charge in [-0.05, 0) is 12.8 Å². The van der Waals surface area contributed by atoms with E-state index in [2.05, 4.69) is 0 Å². The molecule has 0 amide bonds. The fraction of sp³-hybridized carbons (Fsp3) is 0.889. The van der Waals surface area contributed by atoms with Crippen molar-refractivity contribution in [3.8, 4) is 0 Å². The summed E-state index contributed by atoms with van der Waals surface area (Å²) in [5.41, 5.74) is 0. The standard InChI is InChI=1S/C9H14O3/c1-11-9-7-5-3-2-4-6(7)8(10)12-9/h6-7,9H,2-5H2,1H3. The van der Waals surface area contributed by atoms with E-state index >= 15 is 0 Å². The molecule has 1 aliphatic carbocycles. The first-order valence-electron chi connectivity index (χ1n) is 4.56. The van der Waals surface area contributed by atoms with Crippen molar-refractivity contribution in [1.82, 2.24) is 0 Å². The smallest absolute Gasteiger partial charge is 0.311 e. The van der Waals surface area contributed by atoms with Gasteiger partial charge in [-0.3, -0.25) is 4.79 Å². The van der Waals surface area contributed by atoms with Gasteiger partial charge < -0.3 is 9.47 Å². The zero-order chi connectivity index (χ0) is 8.55. The van der Waals surface area contributed by atoms with Crippen LogP contribution in [-0.4, -0.2) is 19.4 Å². The molecule has 0 radical (unpaired) electrons. The summed E-state index contributed by atoms with van der Waals surface area (Å²) in [6.45, 7) is 0. The second-order valence-electron chi connectivity index (χ2n) is 3.60. The lowest BCUT2D eigenvalue weighted by Crippen LogP contribution is -2.25. The molecule has 0 aromatic rings. The van der Waals surface area contributed by atoms with E-state index in [1.54, 1.807) is 7.11 Å². The molecule has 0 spiro atoms. The second-order valence-corrected chi connectivity index (χ2v) is 3.60. The Balaban J connectivity index is 2.10. The number of cyclic esters (lactones) is 1. The summed E-state index contributed by atoms with van der Waals surface area (Å²) in [6, 6.07) is 0. The van der Waals surface area contributed by atoms with E-state index in [-0.39, 0.29) is 18.2 Å². The van der Waals surface area contributed by atoms with E-state index in [1.165, 1.54) is 6.42 Å². The van der Waals surface area contributed by atoms with Crippen LogP contribution in [0.25, 0.3) is 0 Å². The Kier molecular flexibility index (Phi) is 2.05. The van der Waals surface area contributed by atoms with Crippen molar-refractivity contribution in [3.63, 3.8) is 0 Å². The Labute approximate surface area is 72.0 Å². The number of carbonyl (C=O) groups excluding carboxylic acids is 1. The molecule has 3 heteroatoms. The SMILES string of the molecule is COC1OC(=O)C2CCCCC12. The first kappa shape index (κ1) is 8.05. The second kappa shape index (κ2) is 3.05. The minimum absolute atomic E-state index is 0.0495. The van der Waals surface area contributed by atoms with E-state index in [0.717, 1.165) is 19.3 Å². The Morgan fingerprint density at radius 1 is 1.42 bits per heavy atom. The number of esters is 1. The van der Waals surface area contributed by atoms with E-state index in [1.807, 2.05) is 0 Å². The Morgan fingerprint density at radius 2 is 2.17 bits per heavy atom. The van der Waals surface area contributed by atoms with E-state index in [9.17, 15) is 4.79 Å². The lowest BCUT2D eigenvalue weighted by Gasteiger charge is -2.23. The minimum Gasteiger partial charge on any atom is -0.435 e. The highest BCUT2D eigenvalue weighted by atomic mass is 16.7. The summed E-state index contributed by atoms with van der Waals surface area (Å²) in [6.07, 6.45) is 4.17. The van der Waals surface area contributed by atoms with Crippen molar-refractivity contribution < 1.29 is 14.3 Å². The van der Waals surface area contributed by atoms with Gasteiger partial charge in [0.15, 0.2) is 0 Å². The number of hydrogen-bond donors (Lipinski definition) is 0. The van der Waals surface area contributed by atoms with Gasteiger partial charge in [0.2, 0.25) is 6.29 Å². The zero-order valence-electron chi connectivity index (χ0n) is 7.29. The third-order valence-corrected chi connectivity index (χ3v) is 2.94. The summed E-state index contributed by atoms with van der Waals surface area (Å²) < 4.78 is 10.2. The van der Waals surface area contributed by atoms with Gasteiger partial charge >= 0.3 is 5.97 Å². The van der Waals surface area contributed by atoms with Crippen LogP contribution in [0.5, 0.6) is 0 Å². The molecule has 12 heavy (non-hydrogen) atoms. The molecule has 0 bridgehead atoms. The summed E-state index contributed by atoms with van der Waals surface area (Å²) in [4.78, 5) is 11.3. The van der Waals surface area contributed by atoms with Gasteiger partial charge in [-0.1, -0.05) is 12.8 Å². The highest BCUT2D eigenvalue weighted by Gasteiger charge is 2.45. The van der Waals surface area contributed by atoms with Gasteiger partial charge in [-0.2, -0.15) is 0 Å². The van der Waals surface area contributed by atoms with Crippen LogP contribution in [0.15, 0.2) is 0 Å². The molecular formula is C9H14O3. The third kappa shape index (κ3) is 1.12. The van der Waals surface area contributed by atoms with Gasteiger partial charge in [-0.25, -0.2) is 0 Å². The summed E-state index contributed by atoms with van der Waals surface area (Å²) in [5, 5.41) is 0. The fourth-order valence-corrected chi connectivity index (χ4v) is 2.29.